The third-order valence-corrected chi connectivity index (χ3v) is 4.08. The van der Waals surface area contributed by atoms with E-state index in [9.17, 15) is 4.79 Å². The Hall–Kier alpha value is -2.03. The van der Waals surface area contributed by atoms with Crippen molar-refractivity contribution in [2.24, 2.45) is 0 Å². The first-order valence-corrected chi connectivity index (χ1v) is 7.28. The van der Waals surface area contributed by atoms with Crippen molar-refractivity contribution in [3.8, 4) is 0 Å². The number of hydrogen-bond acceptors (Lipinski definition) is 3. The fourth-order valence-electron chi connectivity index (χ4n) is 2.55. The molecule has 0 atom stereocenters. The van der Waals surface area contributed by atoms with Crippen molar-refractivity contribution in [3.05, 3.63) is 59.2 Å². The van der Waals surface area contributed by atoms with E-state index in [0.717, 1.165) is 22.5 Å². The molecule has 4 rings (SSSR count). The number of aromatic nitrogens is 2. The van der Waals surface area contributed by atoms with E-state index in [0.29, 0.717) is 11.8 Å². The minimum absolute atomic E-state index is 0.0820. The lowest BCUT2D eigenvalue weighted by Gasteiger charge is -2.05. The fraction of sp³-hybridized carbons (Fsp3) is 0.353. The molecule has 2 aliphatic carbocycles. The molecular formula is C17H16N2O. The summed E-state index contributed by atoms with van der Waals surface area (Å²) >= 11 is 0. The van der Waals surface area contributed by atoms with E-state index in [1.54, 1.807) is 12.4 Å². The van der Waals surface area contributed by atoms with Crippen LogP contribution in [0.15, 0.2) is 36.7 Å². The highest BCUT2D eigenvalue weighted by molar-refractivity contribution is 6.09. The molecule has 3 nitrogen and oxygen atoms in total. The molecule has 0 unspecified atom stereocenters. The first kappa shape index (κ1) is 11.8. The molecule has 0 spiro atoms. The van der Waals surface area contributed by atoms with Gasteiger partial charge in [0.05, 0.1) is 0 Å². The number of pyridine rings is 2. The Labute approximate surface area is 118 Å². The Morgan fingerprint density at radius 3 is 1.70 bits per heavy atom. The fourth-order valence-corrected chi connectivity index (χ4v) is 2.55. The van der Waals surface area contributed by atoms with Gasteiger partial charge >= 0.3 is 0 Å². The van der Waals surface area contributed by atoms with Gasteiger partial charge in [0.1, 0.15) is 0 Å². The number of ketones is 1. The summed E-state index contributed by atoms with van der Waals surface area (Å²) in [6, 6.07) is 7.53. The van der Waals surface area contributed by atoms with Crippen LogP contribution in [0, 0.1) is 0 Å². The Balaban J connectivity index is 1.65. The lowest BCUT2D eigenvalue weighted by Crippen LogP contribution is -2.04. The summed E-state index contributed by atoms with van der Waals surface area (Å²) in [5.74, 6) is 1.23. The molecule has 0 radical (unpaired) electrons. The second-order valence-electron chi connectivity index (χ2n) is 5.82. The van der Waals surface area contributed by atoms with Crippen LogP contribution < -0.4 is 0 Å². The maximum Gasteiger partial charge on any atom is 0.193 e. The van der Waals surface area contributed by atoms with Crippen molar-refractivity contribution in [2.75, 3.05) is 0 Å². The molecule has 0 bridgehead atoms. The smallest absolute Gasteiger partial charge is 0.193 e. The monoisotopic (exact) mass is 264 g/mol. The van der Waals surface area contributed by atoms with Crippen LogP contribution in [-0.2, 0) is 0 Å². The number of nitrogens with zero attached hydrogens (tertiary/aromatic N) is 2. The Kier molecular flexibility index (Phi) is 2.66. The largest absolute Gasteiger partial charge is 0.289 e. The SMILES string of the molecule is O=C(c1ccnc(C2CC2)c1)c1ccnc(C2CC2)c1. The van der Waals surface area contributed by atoms with Crippen molar-refractivity contribution in [1.82, 2.24) is 9.97 Å². The molecule has 3 heteroatoms. The molecule has 0 aromatic carbocycles. The Bertz CT molecular complexity index is 615. The number of hydrogen-bond donors (Lipinski definition) is 0. The van der Waals surface area contributed by atoms with E-state index in [2.05, 4.69) is 9.97 Å². The molecule has 2 aliphatic rings. The van der Waals surface area contributed by atoms with E-state index < -0.39 is 0 Å². The van der Waals surface area contributed by atoms with Gasteiger partial charge in [0, 0.05) is 46.7 Å². The van der Waals surface area contributed by atoms with Gasteiger partial charge in [-0.1, -0.05) is 0 Å². The van der Waals surface area contributed by atoms with Crippen LogP contribution in [-0.4, -0.2) is 15.8 Å². The second-order valence-corrected chi connectivity index (χ2v) is 5.82. The van der Waals surface area contributed by atoms with E-state index in [4.69, 9.17) is 0 Å². The minimum atomic E-state index is 0.0820. The average Bonchev–Trinajstić information content (AvgIpc) is 3.39. The zero-order chi connectivity index (χ0) is 13.5. The maximum absolute atomic E-state index is 12.6. The first-order valence-electron chi connectivity index (χ1n) is 7.28. The van der Waals surface area contributed by atoms with Crippen molar-refractivity contribution < 1.29 is 4.79 Å². The van der Waals surface area contributed by atoms with Crippen molar-refractivity contribution >= 4 is 5.78 Å². The molecule has 0 saturated heterocycles. The predicted molar refractivity (Wildman–Crippen MR) is 75.9 cm³/mol. The molecule has 100 valence electrons. The number of rotatable bonds is 4. The summed E-state index contributed by atoms with van der Waals surface area (Å²) in [5.41, 5.74) is 3.62. The summed E-state index contributed by atoms with van der Waals surface area (Å²) in [4.78, 5) is 21.3. The minimum Gasteiger partial charge on any atom is -0.289 e. The topological polar surface area (TPSA) is 42.9 Å². The molecule has 2 aromatic rings. The van der Waals surface area contributed by atoms with Crippen molar-refractivity contribution in [1.29, 1.82) is 0 Å². The summed E-state index contributed by atoms with van der Waals surface area (Å²) in [6.45, 7) is 0. The van der Waals surface area contributed by atoms with Gasteiger partial charge < -0.3 is 0 Å². The molecule has 20 heavy (non-hydrogen) atoms. The van der Waals surface area contributed by atoms with Gasteiger partial charge in [-0.25, -0.2) is 0 Å². The van der Waals surface area contributed by atoms with Gasteiger partial charge in [-0.15, -0.1) is 0 Å². The highest BCUT2D eigenvalue weighted by atomic mass is 16.1. The molecular weight excluding hydrogens is 248 g/mol. The van der Waals surface area contributed by atoms with Crippen LogP contribution in [0.25, 0.3) is 0 Å². The first-order chi connectivity index (χ1) is 9.81. The normalized spacial score (nSPS) is 18.0. The quantitative estimate of drug-likeness (QED) is 0.794. The molecule has 2 aromatic heterocycles. The maximum atomic E-state index is 12.6. The lowest BCUT2D eigenvalue weighted by atomic mass is 10.0. The highest BCUT2D eigenvalue weighted by Gasteiger charge is 2.27. The van der Waals surface area contributed by atoms with Crippen LogP contribution in [0.3, 0.4) is 0 Å². The zero-order valence-corrected chi connectivity index (χ0v) is 11.2. The molecule has 0 amide bonds. The Morgan fingerprint density at radius 1 is 0.850 bits per heavy atom. The van der Waals surface area contributed by atoms with Crippen LogP contribution in [0.5, 0.6) is 0 Å². The summed E-state index contributed by atoms with van der Waals surface area (Å²) in [5, 5.41) is 0. The van der Waals surface area contributed by atoms with Gasteiger partial charge in [-0.2, -0.15) is 0 Å². The van der Waals surface area contributed by atoms with E-state index in [1.165, 1.54) is 25.7 Å². The highest BCUT2D eigenvalue weighted by Crippen LogP contribution is 2.40. The molecule has 2 saturated carbocycles. The summed E-state index contributed by atoms with van der Waals surface area (Å²) in [7, 11) is 0. The molecule has 2 fully saturated rings. The third-order valence-electron chi connectivity index (χ3n) is 4.08. The summed E-state index contributed by atoms with van der Waals surface area (Å²) < 4.78 is 0. The second kappa shape index (κ2) is 4.51. The molecule has 0 N–H and O–H groups in total. The summed E-state index contributed by atoms with van der Waals surface area (Å²) in [6.07, 6.45) is 8.31. The van der Waals surface area contributed by atoms with Gasteiger partial charge in [-0.05, 0) is 49.9 Å². The van der Waals surface area contributed by atoms with Crippen LogP contribution in [0.1, 0.15) is 64.8 Å². The average molecular weight is 264 g/mol. The van der Waals surface area contributed by atoms with Crippen LogP contribution in [0.4, 0.5) is 0 Å². The number of carbonyl (C=O) groups excluding carboxylic acids is 1. The van der Waals surface area contributed by atoms with Gasteiger partial charge in [0.2, 0.25) is 0 Å². The third kappa shape index (κ3) is 2.24. The standard InChI is InChI=1S/C17H16N2O/c20-17(13-5-7-18-15(9-13)11-1-2-11)14-6-8-19-16(10-14)12-3-4-12/h5-12H,1-4H2. The van der Waals surface area contributed by atoms with Gasteiger partial charge in [0.25, 0.3) is 0 Å². The van der Waals surface area contributed by atoms with E-state index in [-0.39, 0.29) is 5.78 Å². The van der Waals surface area contributed by atoms with E-state index >= 15 is 0 Å². The predicted octanol–water partition coefficient (Wildman–Crippen LogP) is 3.46. The van der Waals surface area contributed by atoms with Crippen molar-refractivity contribution in [3.63, 3.8) is 0 Å². The molecule has 0 aliphatic heterocycles. The lowest BCUT2D eigenvalue weighted by molar-refractivity contribution is 0.103. The van der Waals surface area contributed by atoms with Crippen molar-refractivity contribution in [2.45, 2.75) is 37.5 Å². The van der Waals surface area contributed by atoms with Crippen LogP contribution in [0.2, 0.25) is 0 Å². The van der Waals surface area contributed by atoms with Crippen LogP contribution >= 0.6 is 0 Å². The molecule has 2 heterocycles. The number of carbonyl (C=O) groups is 1. The van der Waals surface area contributed by atoms with Gasteiger partial charge in [0.15, 0.2) is 5.78 Å². The zero-order valence-electron chi connectivity index (χ0n) is 11.2. The Morgan fingerprint density at radius 2 is 1.30 bits per heavy atom. The van der Waals surface area contributed by atoms with E-state index in [1.807, 2.05) is 24.3 Å². The van der Waals surface area contributed by atoms with Gasteiger partial charge in [-0.3, -0.25) is 14.8 Å².